The van der Waals surface area contributed by atoms with E-state index in [4.69, 9.17) is 16.9 Å². The van der Waals surface area contributed by atoms with Gasteiger partial charge in [-0.15, -0.1) is 0 Å². The van der Waals surface area contributed by atoms with Crippen LogP contribution in [0.1, 0.15) is 22.8 Å². The molecule has 2 heterocycles. The van der Waals surface area contributed by atoms with Gasteiger partial charge in [-0.1, -0.05) is 29.8 Å². The molecular weight excluding hydrogens is 416 g/mol. The molecule has 7 nitrogen and oxygen atoms in total. The molecule has 2 aromatic carbocycles. The summed E-state index contributed by atoms with van der Waals surface area (Å²) in [7, 11) is 0. The van der Waals surface area contributed by atoms with Crippen LogP contribution in [0.3, 0.4) is 0 Å². The van der Waals surface area contributed by atoms with Gasteiger partial charge in [-0.2, -0.15) is 5.26 Å². The SMILES string of the molecule is C[C@@H]1CN(C(=O)c2ccc3c(Cl)cc(-c4ccc(C#N)cc4)nc3c2)CCN1C(=O)O. The van der Waals surface area contributed by atoms with E-state index in [1.165, 1.54) is 4.90 Å². The highest BCUT2D eigenvalue weighted by Gasteiger charge is 2.30. The lowest BCUT2D eigenvalue weighted by Gasteiger charge is -2.38. The van der Waals surface area contributed by atoms with E-state index in [9.17, 15) is 14.7 Å². The highest BCUT2D eigenvalue weighted by atomic mass is 35.5. The molecule has 0 radical (unpaired) electrons. The van der Waals surface area contributed by atoms with E-state index in [0.29, 0.717) is 40.4 Å². The molecule has 31 heavy (non-hydrogen) atoms. The van der Waals surface area contributed by atoms with Crippen LogP contribution < -0.4 is 0 Å². The Morgan fingerprint density at radius 2 is 1.90 bits per heavy atom. The number of rotatable bonds is 2. The zero-order valence-electron chi connectivity index (χ0n) is 16.7. The summed E-state index contributed by atoms with van der Waals surface area (Å²) >= 11 is 6.47. The summed E-state index contributed by atoms with van der Waals surface area (Å²) < 4.78 is 0. The van der Waals surface area contributed by atoms with Crippen LogP contribution in [-0.2, 0) is 0 Å². The van der Waals surface area contributed by atoms with Crippen molar-refractivity contribution in [3.63, 3.8) is 0 Å². The number of nitrogens with zero attached hydrogens (tertiary/aromatic N) is 4. The summed E-state index contributed by atoms with van der Waals surface area (Å²) in [6.07, 6.45) is -0.973. The molecule has 1 N–H and O–H groups in total. The predicted molar refractivity (Wildman–Crippen MR) is 117 cm³/mol. The van der Waals surface area contributed by atoms with Gasteiger partial charge >= 0.3 is 6.09 Å². The third kappa shape index (κ3) is 4.03. The average molecular weight is 435 g/mol. The van der Waals surface area contributed by atoms with E-state index in [-0.39, 0.29) is 18.5 Å². The number of carbonyl (C=O) groups excluding carboxylic acids is 1. The molecule has 0 unspecified atom stereocenters. The first kappa shape index (κ1) is 20.6. The van der Waals surface area contributed by atoms with Gasteiger partial charge in [0.1, 0.15) is 0 Å². The highest BCUT2D eigenvalue weighted by molar-refractivity contribution is 6.35. The molecule has 0 aliphatic carbocycles. The standard InChI is InChI=1S/C23H19ClN4O3/c1-14-13-27(8-9-28(14)23(30)31)22(29)17-6-7-18-19(24)11-20(26-21(18)10-17)16-4-2-15(12-25)3-5-16/h2-7,10-11,14H,8-9,13H2,1H3,(H,30,31)/t14-/m1/s1. The fourth-order valence-corrected chi connectivity index (χ4v) is 4.05. The molecule has 3 aromatic rings. The lowest BCUT2D eigenvalue weighted by Crippen LogP contribution is -2.55. The highest BCUT2D eigenvalue weighted by Crippen LogP contribution is 2.29. The average Bonchev–Trinajstić information content (AvgIpc) is 2.77. The normalized spacial score (nSPS) is 16.2. The Bertz CT molecular complexity index is 1220. The number of halogens is 1. The van der Waals surface area contributed by atoms with Crippen LogP contribution in [0.15, 0.2) is 48.5 Å². The van der Waals surface area contributed by atoms with Crippen molar-refractivity contribution in [3.05, 3.63) is 64.7 Å². The quantitative estimate of drug-likeness (QED) is 0.650. The fraction of sp³-hybridized carbons (Fsp3) is 0.217. The number of hydrogen-bond donors (Lipinski definition) is 1. The van der Waals surface area contributed by atoms with Crippen molar-refractivity contribution in [1.82, 2.24) is 14.8 Å². The molecule has 1 fully saturated rings. The summed E-state index contributed by atoms with van der Waals surface area (Å²) in [4.78, 5) is 32.0. The van der Waals surface area contributed by atoms with Crippen LogP contribution in [0.4, 0.5) is 4.79 Å². The molecule has 1 atom stereocenters. The Balaban J connectivity index is 1.64. The van der Waals surface area contributed by atoms with Gasteiger partial charge in [0.05, 0.1) is 27.9 Å². The van der Waals surface area contributed by atoms with E-state index in [1.54, 1.807) is 60.4 Å². The molecule has 0 saturated carbocycles. The van der Waals surface area contributed by atoms with Crippen molar-refractivity contribution in [2.45, 2.75) is 13.0 Å². The van der Waals surface area contributed by atoms with Crippen molar-refractivity contribution < 1.29 is 14.7 Å². The third-order valence-corrected chi connectivity index (χ3v) is 5.79. The van der Waals surface area contributed by atoms with Crippen molar-refractivity contribution in [2.75, 3.05) is 19.6 Å². The Morgan fingerprint density at radius 3 is 2.55 bits per heavy atom. The molecule has 0 spiro atoms. The third-order valence-electron chi connectivity index (χ3n) is 5.48. The number of carbonyl (C=O) groups is 2. The van der Waals surface area contributed by atoms with E-state index in [1.807, 2.05) is 0 Å². The number of fused-ring (bicyclic) bond motifs is 1. The number of amides is 2. The number of piperazine rings is 1. The minimum absolute atomic E-state index is 0.166. The molecule has 1 aliphatic heterocycles. The molecular formula is C23H19ClN4O3. The minimum atomic E-state index is -0.973. The molecule has 8 heteroatoms. The van der Waals surface area contributed by atoms with E-state index in [0.717, 1.165) is 10.9 Å². The number of carboxylic acid groups (broad SMARTS) is 1. The summed E-state index contributed by atoms with van der Waals surface area (Å²) in [6.45, 7) is 2.75. The van der Waals surface area contributed by atoms with Crippen LogP contribution in [0.5, 0.6) is 0 Å². The zero-order chi connectivity index (χ0) is 22.1. The molecule has 1 aromatic heterocycles. The van der Waals surface area contributed by atoms with Gasteiger partial charge < -0.3 is 14.9 Å². The van der Waals surface area contributed by atoms with Gasteiger partial charge in [-0.3, -0.25) is 4.79 Å². The largest absolute Gasteiger partial charge is 0.465 e. The van der Waals surface area contributed by atoms with E-state index in [2.05, 4.69) is 11.1 Å². The Labute approximate surface area is 184 Å². The van der Waals surface area contributed by atoms with Gasteiger partial charge in [0.15, 0.2) is 0 Å². The van der Waals surface area contributed by atoms with Crippen molar-refractivity contribution >= 4 is 34.5 Å². The van der Waals surface area contributed by atoms with Crippen LogP contribution in [0.25, 0.3) is 22.2 Å². The fourth-order valence-electron chi connectivity index (χ4n) is 3.79. The topological polar surface area (TPSA) is 97.5 Å². The smallest absolute Gasteiger partial charge is 0.407 e. The summed E-state index contributed by atoms with van der Waals surface area (Å²) in [6, 6.07) is 15.8. The molecule has 156 valence electrons. The van der Waals surface area contributed by atoms with Gasteiger partial charge in [0.25, 0.3) is 5.91 Å². The second-order valence-corrected chi connectivity index (χ2v) is 7.89. The lowest BCUT2D eigenvalue weighted by molar-refractivity contribution is 0.0507. The number of aromatic nitrogens is 1. The van der Waals surface area contributed by atoms with Gasteiger partial charge in [0, 0.05) is 42.2 Å². The summed E-state index contributed by atoms with van der Waals surface area (Å²) in [5.41, 5.74) is 3.09. The van der Waals surface area contributed by atoms with Crippen LogP contribution in [0, 0.1) is 11.3 Å². The van der Waals surface area contributed by atoms with Crippen LogP contribution in [0.2, 0.25) is 5.02 Å². The van der Waals surface area contributed by atoms with Gasteiger partial charge in [0.2, 0.25) is 0 Å². The van der Waals surface area contributed by atoms with E-state index >= 15 is 0 Å². The number of benzene rings is 2. The second-order valence-electron chi connectivity index (χ2n) is 7.49. The monoisotopic (exact) mass is 434 g/mol. The summed E-state index contributed by atoms with van der Waals surface area (Å²) in [5.74, 6) is -0.166. The first-order chi connectivity index (χ1) is 14.9. The van der Waals surface area contributed by atoms with Crippen molar-refractivity contribution in [3.8, 4) is 17.3 Å². The molecule has 0 bridgehead atoms. The first-order valence-electron chi connectivity index (χ1n) is 9.77. The first-order valence-corrected chi connectivity index (χ1v) is 10.1. The van der Waals surface area contributed by atoms with Gasteiger partial charge in [-0.25, -0.2) is 9.78 Å². The maximum atomic E-state index is 13.0. The number of hydrogen-bond acceptors (Lipinski definition) is 4. The van der Waals surface area contributed by atoms with E-state index < -0.39 is 6.09 Å². The Morgan fingerprint density at radius 1 is 1.16 bits per heavy atom. The maximum absolute atomic E-state index is 13.0. The molecule has 2 amide bonds. The summed E-state index contributed by atoms with van der Waals surface area (Å²) in [5, 5.41) is 19.5. The Hall–Kier alpha value is -3.63. The van der Waals surface area contributed by atoms with Crippen LogP contribution >= 0.6 is 11.6 Å². The zero-order valence-corrected chi connectivity index (χ0v) is 17.5. The lowest BCUT2D eigenvalue weighted by atomic mass is 10.1. The second kappa shape index (κ2) is 8.25. The number of nitriles is 1. The van der Waals surface area contributed by atoms with Crippen molar-refractivity contribution in [1.29, 1.82) is 5.26 Å². The predicted octanol–water partition coefficient (Wildman–Crippen LogP) is 4.25. The number of pyridine rings is 1. The molecule has 4 rings (SSSR count). The molecule has 1 saturated heterocycles. The minimum Gasteiger partial charge on any atom is -0.465 e. The van der Waals surface area contributed by atoms with Gasteiger partial charge in [-0.05, 0) is 37.3 Å². The van der Waals surface area contributed by atoms with Crippen LogP contribution in [-0.4, -0.2) is 57.6 Å². The maximum Gasteiger partial charge on any atom is 0.407 e. The molecule has 1 aliphatic rings. The van der Waals surface area contributed by atoms with Crippen molar-refractivity contribution in [2.24, 2.45) is 0 Å². The Kier molecular flexibility index (Phi) is 5.49.